The van der Waals surface area contributed by atoms with Crippen LogP contribution in [-0.2, 0) is 10.0 Å². The van der Waals surface area contributed by atoms with Crippen LogP contribution in [0.15, 0.2) is 54.6 Å². The molecule has 1 fully saturated rings. The molecule has 1 saturated heterocycles. The Morgan fingerprint density at radius 1 is 0.966 bits per heavy atom. The molecule has 2 aromatic carbocycles. The maximum absolute atomic E-state index is 13.3. The van der Waals surface area contributed by atoms with E-state index in [2.05, 4.69) is 10.2 Å². The highest BCUT2D eigenvalue weighted by atomic mass is 35.5. The maximum Gasteiger partial charge on any atom is 0.277 e. The first-order valence-corrected chi connectivity index (χ1v) is 10.9. The lowest BCUT2D eigenvalue weighted by molar-refractivity contribution is 0.212. The molecule has 160 valence electrons. The third-order valence-corrected chi connectivity index (χ3v) is 6.96. The van der Waals surface area contributed by atoms with Crippen molar-refractivity contribution in [1.29, 1.82) is 0 Å². The van der Waals surface area contributed by atoms with Crippen molar-refractivity contribution < 1.29 is 13.2 Å². The summed E-state index contributed by atoms with van der Waals surface area (Å²) in [5, 5.41) is 3.33. The topological polar surface area (TPSA) is 61.9 Å². The second-order valence-corrected chi connectivity index (χ2v) is 8.81. The number of para-hydroxylation sites is 3. The van der Waals surface area contributed by atoms with Gasteiger partial charge < -0.3 is 15.0 Å². The van der Waals surface area contributed by atoms with Crippen molar-refractivity contribution in [3.05, 3.63) is 54.6 Å². The number of nitrogens with zero attached hydrogens (tertiary/aromatic N) is 2. The van der Waals surface area contributed by atoms with Gasteiger partial charge in [-0.3, -0.25) is 0 Å². The minimum Gasteiger partial charge on any atom is -0.470 e. The summed E-state index contributed by atoms with van der Waals surface area (Å²) >= 11 is 0. The fraction of sp³-hybridized carbons (Fsp3) is 0.400. The van der Waals surface area contributed by atoms with E-state index < -0.39 is 15.5 Å². The summed E-state index contributed by atoms with van der Waals surface area (Å²) in [6.07, 6.45) is 1.26. The largest absolute Gasteiger partial charge is 0.470 e. The summed E-state index contributed by atoms with van der Waals surface area (Å²) in [4.78, 5) is 2.37. The number of sulfonamides is 1. The Hall–Kier alpha value is -1.51. The van der Waals surface area contributed by atoms with E-state index in [9.17, 15) is 8.42 Å². The number of ether oxygens (including phenoxy) is 1. The summed E-state index contributed by atoms with van der Waals surface area (Å²) in [5.41, 5.74) is 0.345. The Bertz CT molecular complexity index is 878. The van der Waals surface area contributed by atoms with E-state index in [0.29, 0.717) is 23.5 Å². The predicted molar refractivity (Wildman–Crippen MR) is 121 cm³/mol. The van der Waals surface area contributed by atoms with Gasteiger partial charge in [-0.25, -0.2) is 12.7 Å². The van der Waals surface area contributed by atoms with Crippen molar-refractivity contribution in [3.63, 3.8) is 0 Å². The van der Waals surface area contributed by atoms with E-state index in [0.717, 1.165) is 39.1 Å². The third-order valence-electron chi connectivity index (χ3n) is 5.04. The normalized spacial score (nSPS) is 20.6. The number of halogens is 2. The quantitative estimate of drug-likeness (QED) is 0.741. The Kier molecular flexibility index (Phi) is 8.60. The molecule has 0 amide bonds. The monoisotopic (exact) mass is 459 g/mol. The molecule has 0 radical (unpaired) electrons. The molecule has 1 N–H and O–H groups in total. The number of rotatable bonds is 5. The zero-order valence-electron chi connectivity index (χ0n) is 16.1. The average molecular weight is 460 g/mol. The van der Waals surface area contributed by atoms with Crippen molar-refractivity contribution in [2.45, 2.75) is 18.3 Å². The Morgan fingerprint density at radius 2 is 1.62 bits per heavy atom. The fourth-order valence-electron chi connectivity index (χ4n) is 3.66. The second kappa shape index (κ2) is 10.5. The molecular weight excluding hydrogens is 433 g/mol. The first kappa shape index (κ1) is 23.8. The molecule has 1 atom stereocenters. The van der Waals surface area contributed by atoms with Crippen LogP contribution in [0.25, 0.3) is 0 Å². The van der Waals surface area contributed by atoms with Gasteiger partial charge in [-0.2, -0.15) is 0 Å². The van der Waals surface area contributed by atoms with Crippen molar-refractivity contribution in [1.82, 2.24) is 10.2 Å². The molecule has 0 aliphatic carbocycles. The molecule has 2 aliphatic heterocycles. The molecule has 9 heteroatoms. The minimum atomic E-state index is -3.65. The van der Waals surface area contributed by atoms with Gasteiger partial charge in [0.1, 0.15) is 5.75 Å². The molecular formula is C20H27Cl2N3O3S. The molecule has 2 aromatic rings. The number of hydrogen-bond acceptors (Lipinski definition) is 5. The van der Waals surface area contributed by atoms with Gasteiger partial charge in [0.2, 0.25) is 5.44 Å². The van der Waals surface area contributed by atoms with E-state index in [-0.39, 0.29) is 24.8 Å². The Labute approximate surface area is 185 Å². The number of fused-ring (bicyclic) bond motifs is 1. The Balaban J connectivity index is 0.00000150. The lowest BCUT2D eigenvalue weighted by atomic mass is 10.2. The van der Waals surface area contributed by atoms with Crippen molar-refractivity contribution in [2.75, 3.05) is 37.0 Å². The standard InChI is InChI=1S/C20H25N3O3S.2ClH/c24-27(25)20(11-6-14-22-15-12-21-13-16-22)26-19-10-5-4-9-18(19)23(27)17-7-2-1-3-8-17;;/h1-5,7-10,20-21H,6,11-16H2;2*1H. The number of benzene rings is 2. The van der Waals surface area contributed by atoms with E-state index in [1.165, 1.54) is 4.31 Å². The molecule has 1 unspecified atom stereocenters. The van der Waals surface area contributed by atoms with Crippen molar-refractivity contribution in [2.24, 2.45) is 0 Å². The van der Waals surface area contributed by atoms with Gasteiger partial charge in [0.05, 0.1) is 11.4 Å². The van der Waals surface area contributed by atoms with Crippen LogP contribution in [0, 0.1) is 0 Å². The van der Waals surface area contributed by atoms with Crippen LogP contribution < -0.4 is 14.4 Å². The summed E-state index contributed by atoms with van der Waals surface area (Å²) in [5.74, 6) is 0.614. The van der Waals surface area contributed by atoms with Crippen molar-refractivity contribution in [3.8, 4) is 5.75 Å². The molecule has 2 heterocycles. The summed E-state index contributed by atoms with van der Waals surface area (Å²) in [6.45, 7) is 4.90. The number of nitrogens with one attached hydrogen (secondary N) is 1. The highest BCUT2D eigenvalue weighted by molar-refractivity contribution is 7.93. The van der Waals surface area contributed by atoms with Crippen LogP contribution in [0.4, 0.5) is 11.4 Å². The van der Waals surface area contributed by atoms with E-state index in [1.807, 2.05) is 48.5 Å². The Morgan fingerprint density at radius 3 is 2.34 bits per heavy atom. The van der Waals surface area contributed by atoms with Gasteiger partial charge in [-0.05, 0) is 37.2 Å². The number of anilines is 2. The number of piperazine rings is 1. The smallest absolute Gasteiger partial charge is 0.277 e. The summed E-state index contributed by atoms with van der Waals surface area (Å²) in [6, 6.07) is 16.5. The molecule has 0 bridgehead atoms. The molecule has 0 aromatic heterocycles. The van der Waals surface area contributed by atoms with Crippen LogP contribution in [0.2, 0.25) is 0 Å². The summed E-state index contributed by atoms with van der Waals surface area (Å²) < 4.78 is 34.0. The van der Waals surface area contributed by atoms with Gasteiger partial charge in [-0.15, -0.1) is 24.8 Å². The van der Waals surface area contributed by atoms with Gasteiger partial charge >= 0.3 is 0 Å². The minimum absolute atomic E-state index is 0. The highest BCUT2D eigenvalue weighted by Gasteiger charge is 2.40. The highest BCUT2D eigenvalue weighted by Crippen LogP contribution is 2.42. The molecule has 4 rings (SSSR count). The second-order valence-electron chi connectivity index (χ2n) is 6.89. The molecule has 29 heavy (non-hydrogen) atoms. The first-order chi connectivity index (χ1) is 13.2. The molecule has 0 saturated carbocycles. The van der Waals surface area contributed by atoms with Gasteiger partial charge in [0.15, 0.2) is 0 Å². The van der Waals surface area contributed by atoms with Gasteiger partial charge in [-0.1, -0.05) is 30.3 Å². The zero-order valence-corrected chi connectivity index (χ0v) is 18.5. The van der Waals surface area contributed by atoms with Crippen LogP contribution in [-0.4, -0.2) is 51.5 Å². The molecule has 0 spiro atoms. The average Bonchev–Trinajstić information content (AvgIpc) is 2.69. The van der Waals surface area contributed by atoms with E-state index >= 15 is 0 Å². The predicted octanol–water partition coefficient (Wildman–Crippen LogP) is 3.40. The lowest BCUT2D eigenvalue weighted by Gasteiger charge is -2.36. The van der Waals surface area contributed by atoms with Crippen LogP contribution in [0.1, 0.15) is 12.8 Å². The summed E-state index contributed by atoms with van der Waals surface area (Å²) in [7, 11) is -3.65. The van der Waals surface area contributed by atoms with Crippen LogP contribution in [0.5, 0.6) is 5.75 Å². The van der Waals surface area contributed by atoms with Crippen LogP contribution in [0.3, 0.4) is 0 Å². The van der Waals surface area contributed by atoms with E-state index in [1.54, 1.807) is 6.07 Å². The number of hydrogen-bond donors (Lipinski definition) is 1. The first-order valence-electron chi connectivity index (χ1n) is 9.44. The maximum atomic E-state index is 13.3. The molecule has 2 aliphatic rings. The third kappa shape index (κ3) is 5.16. The van der Waals surface area contributed by atoms with E-state index in [4.69, 9.17) is 4.74 Å². The zero-order chi connectivity index (χ0) is 18.7. The van der Waals surface area contributed by atoms with Gasteiger partial charge in [0, 0.05) is 32.6 Å². The lowest BCUT2D eigenvalue weighted by Crippen LogP contribution is -2.45. The van der Waals surface area contributed by atoms with Crippen LogP contribution >= 0.6 is 24.8 Å². The molecule has 6 nitrogen and oxygen atoms in total. The van der Waals surface area contributed by atoms with Crippen molar-refractivity contribution >= 4 is 46.2 Å². The van der Waals surface area contributed by atoms with Gasteiger partial charge in [0.25, 0.3) is 10.0 Å². The SMILES string of the molecule is Cl.Cl.O=S1(=O)C(CCCN2CCNCC2)Oc2ccccc2N1c1ccccc1. The fourth-order valence-corrected chi connectivity index (χ4v) is 5.42.